The first kappa shape index (κ1) is 16.1. The predicted octanol–water partition coefficient (Wildman–Crippen LogP) is 4.49. The van der Waals surface area contributed by atoms with Crippen LogP contribution in [0.25, 0.3) is 22.0 Å². The number of nitrogens with zero attached hydrogens (tertiary/aromatic N) is 3. The molecule has 4 rings (SSSR count). The van der Waals surface area contributed by atoms with Crippen LogP contribution in [0.3, 0.4) is 0 Å². The van der Waals surface area contributed by atoms with E-state index in [9.17, 15) is 4.79 Å². The Kier molecular flexibility index (Phi) is 4.49. The van der Waals surface area contributed by atoms with Crippen molar-refractivity contribution in [3.63, 3.8) is 0 Å². The molecule has 0 aliphatic rings. The Bertz CT molecular complexity index is 1020. The summed E-state index contributed by atoms with van der Waals surface area (Å²) >= 11 is 1.34. The molecule has 0 radical (unpaired) electrons. The zero-order valence-corrected chi connectivity index (χ0v) is 14.4. The predicted molar refractivity (Wildman–Crippen MR) is 100.0 cm³/mol. The third kappa shape index (κ3) is 3.50. The molecule has 6 heteroatoms. The molecule has 0 fully saturated rings. The van der Waals surface area contributed by atoms with Crippen LogP contribution in [-0.4, -0.2) is 20.3 Å². The third-order valence-electron chi connectivity index (χ3n) is 3.64. The van der Waals surface area contributed by atoms with Gasteiger partial charge in [-0.15, -0.1) is 0 Å². The number of carbonyl (C=O) groups is 1. The standard InChI is InChI=1S/C20H13N3O2S/c24-20(17-8-4-5-13-21-17)25-16-11-9-15(10-12-16)19-22-18(23-26-19)14-6-2-1-3-7-14/h1-13H. The maximum Gasteiger partial charge on any atom is 0.362 e. The average Bonchev–Trinajstić information content (AvgIpc) is 3.20. The van der Waals surface area contributed by atoms with Crippen molar-refractivity contribution in [3.8, 4) is 27.7 Å². The second kappa shape index (κ2) is 7.25. The van der Waals surface area contributed by atoms with Gasteiger partial charge in [0.05, 0.1) is 0 Å². The van der Waals surface area contributed by atoms with Gasteiger partial charge in [0.15, 0.2) is 5.82 Å². The Morgan fingerprint density at radius 1 is 0.846 bits per heavy atom. The van der Waals surface area contributed by atoms with Gasteiger partial charge >= 0.3 is 5.97 Å². The van der Waals surface area contributed by atoms with Gasteiger partial charge in [-0.05, 0) is 47.9 Å². The zero-order chi connectivity index (χ0) is 17.8. The van der Waals surface area contributed by atoms with Gasteiger partial charge < -0.3 is 4.74 Å². The van der Waals surface area contributed by atoms with E-state index >= 15 is 0 Å². The Hall–Kier alpha value is -3.38. The second-order valence-corrected chi connectivity index (χ2v) is 6.17. The number of pyridine rings is 1. The van der Waals surface area contributed by atoms with Crippen LogP contribution in [0.5, 0.6) is 5.75 Å². The van der Waals surface area contributed by atoms with Gasteiger partial charge in [-0.25, -0.2) is 14.8 Å². The molecule has 0 spiro atoms. The minimum Gasteiger partial charge on any atom is -0.422 e. The molecule has 5 nitrogen and oxygen atoms in total. The Balaban J connectivity index is 1.50. The van der Waals surface area contributed by atoms with E-state index in [1.54, 1.807) is 36.5 Å². The lowest BCUT2D eigenvalue weighted by Crippen LogP contribution is -2.09. The SMILES string of the molecule is O=C(Oc1ccc(-c2nc(-c3ccccc3)ns2)cc1)c1ccccn1. The highest BCUT2D eigenvalue weighted by molar-refractivity contribution is 7.09. The van der Waals surface area contributed by atoms with Crippen molar-refractivity contribution in [1.29, 1.82) is 0 Å². The summed E-state index contributed by atoms with van der Waals surface area (Å²) in [7, 11) is 0. The topological polar surface area (TPSA) is 65.0 Å². The fraction of sp³-hybridized carbons (Fsp3) is 0. The van der Waals surface area contributed by atoms with E-state index in [1.165, 1.54) is 11.5 Å². The smallest absolute Gasteiger partial charge is 0.362 e. The number of carbonyl (C=O) groups excluding carboxylic acids is 1. The summed E-state index contributed by atoms with van der Waals surface area (Å²) < 4.78 is 9.74. The second-order valence-electron chi connectivity index (χ2n) is 5.42. The molecule has 26 heavy (non-hydrogen) atoms. The molecule has 0 saturated heterocycles. The number of hydrogen-bond donors (Lipinski definition) is 0. The summed E-state index contributed by atoms with van der Waals surface area (Å²) in [5.41, 5.74) is 2.17. The molecule has 2 heterocycles. The van der Waals surface area contributed by atoms with E-state index in [4.69, 9.17) is 4.74 Å². The number of ether oxygens (including phenoxy) is 1. The first-order valence-corrected chi connectivity index (χ1v) is 8.70. The van der Waals surface area contributed by atoms with Crippen LogP contribution < -0.4 is 4.74 Å². The fourth-order valence-corrected chi connectivity index (χ4v) is 3.04. The fourth-order valence-electron chi connectivity index (χ4n) is 2.35. The maximum atomic E-state index is 12.0. The lowest BCUT2D eigenvalue weighted by molar-refractivity contribution is 0.0728. The van der Waals surface area contributed by atoms with Crippen molar-refractivity contribution in [2.45, 2.75) is 0 Å². The summed E-state index contributed by atoms with van der Waals surface area (Å²) in [6.45, 7) is 0. The third-order valence-corrected chi connectivity index (χ3v) is 4.41. The van der Waals surface area contributed by atoms with Crippen LogP contribution in [0.15, 0.2) is 79.0 Å². The van der Waals surface area contributed by atoms with Crippen molar-refractivity contribution in [1.82, 2.24) is 14.3 Å². The van der Waals surface area contributed by atoms with Crippen molar-refractivity contribution in [2.24, 2.45) is 0 Å². The van der Waals surface area contributed by atoms with Crippen LogP contribution in [0.1, 0.15) is 10.5 Å². The summed E-state index contributed by atoms with van der Waals surface area (Å²) in [4.78, 5) is 20.6. The summed E-state index contributed by atoms with van der Waals surface area (Å²) in [5, 5.41) is 0.812. The van der Waals surface area contributed by atoms with Gasteiger partial charge in [0, 0.05) is 17.3 Å². The van der Waals surface area contributed by atoms with Crippen LogP contribution >= 0.6 is 11.5 Å². The number of benzene rings is 2. The molecule has 0 unspecified atom stereocenters. The zero-order valence-electron chi connectivity index (χ0n) is 13.6. The Morgan fingerprint density at radius 3 is 2.35 bits per heavy atom. The van der Waals surface area contributed by atoms with E-state index in [0.29, 0.717) is 11.6 Å². The summed E-state index contributed by atoms with van der Waals surface area (Å²) in [5.74, 6) is 0.675. The first-order valence-electron chi connectivity index (χ1n) is 7.92. The van der Waals surface area contributed by atoms with Gasteiger partial charge in [0.1, 0.15) is 16.5 Å². The highest BCUT2D eigenvalue weighted by Gasteiger charge is 2.11. The minimum atomic E-state index is -0.486. The van der Waals surface area contributed by atoms with E-state index < -0.39 is 5.97 Å². The molecule has 0 saturated carbocycles. The van der Waals surface area contributed by atoms with Crippen LogP contribution in [0.4, 0.5) is 0 Å². The number of esters is 1. The Morgan fingerprint density at radius 2 is 1.62 bits per heavy atom. The largest absolute Gasteiger partial charge is 0.422 e. The minimum absolute atomic E-state index is 0.271. The molecule has 4 aromatic rings. The summed E-state index contributed by atoms with van der Waals surface area (Å²) in [6, 6.07) is 22.1. The van der Waals surface area contributed by atoms with Crippen molar-refractivity contribution in [3.05, 3.63) is 84.7 Å². The molecule has 2 aromatic heterocycles. The van der Waals surface area contributed by atoms with Gasteiger partial charge in [0.25, 0.3) is 0 Å². The molecule has 0 atom stereocenters. The quantitative estimate of drug-likeness (QED) is 0.397. The van der Waals surface area contributed by atoms with Crippen LogP contribution in [0.2, 0.25) is 0 Å². The van der Waals surface area contributed by atoms with Gasteiger partial charge in [-0.3, -0.25) is 0 Å². The van der Waals surface area contributed by atoms with Gasteiger partial charge in [-0.1, -0.05) is 36.4 Å². The highest BCUT2D eigenvalue weighted by atomic mass is 32.1. The van der Waals surface area contributed by atoms with Crippen LogP contribution in [0, 0.1) is 0 Å². The molecule has 0 bridgehead atoms. The number of hydrogen-bond acceptors (Lipinski definition) is 6. The van der Waals surface area contributed by atoms with E-state index in [-0.39, 0.29) is 5.69 Å². The van der Waals surface area contributed by atoms with Gasteiger partial charge in [-0.2, -0.15) is 4.37 Å². The van der Waals surface area contributed by atoms with E-state index in [1.807, 2.05) is 42.5 Å². The van der Waals surface area contributed by atoms with Crippen molar-refractivity contribution >= 4 is 17.5 Å². The molecular formula is C20H13N3O2S. The van der Waals surface area contributed by atoms with Crippen molar-refractivity contribution < 1.29 is 9.53 Å². The van der Waals surface area contributed by atoms with Gasteiger partial charge in [0.2, 0.25) is 0 Å². The van der Waals surface area contributed by atoms with E-state index in [0.717, 1.165) is 16.1 Å². The highest BCUT2D eigenvalue weighted by Crippen LogP contribution is 2.27. The van der Waals surface area contributed by atoms with Crippen molar-refractivity contribution in [2.75, 3.05) is 0 Å². The summed E-state index contributed by atoms with van der Waals surface area (Å²) in [6.07, 6.45) is 1.56. The molecule has 126 valence electrons. The lowest BCUT2D eigenvalue weighted by atomic mass is 10.2. The monoisotopic (exact) mass is 359 g/mol. The number of aromatic nitrogens is 3. The molecule has 0 aliphatic carbocycles. The average molecular weight is 359 g/mol. The normalized spacial score (nSPS) is 10.5. The molecular weight excluding hydrogens is 346 g/mol. The number of rotatable bonds is 4. The van der Waals surface area contributed by atoms with E-state index in [2.05, 4.69) is 14.3 Å². The lowest BCUT2D eigenvalue weighted by Gasteiger charge is -2.04. The Labute approximate surface area is 154 Å². The maximum absolute atomic E-state index is 12.0. The molecule has 0 aliphatic heterocycles. The first-order chi connectivity index (χ1) is 12.8. The molecule has 0 amide bonds. The van der Waals surface area contributed by atoms with Crippen LogP contribution in [-0.2, 0) is 0 Å². The molecule has 2 aromatic carbocycles. The molecule has 0 N–H and O–H groups in total.